The number of aliphatic hydroxyl groups is 1. The Kier molecular flexibility index (Phi) is 8.32. The lowest BCUT2D eigenvalue weighted by molar-refractivity contribution is -0.126. The Bertz CT molecular complexity index is 624. The predicted octanol–water partition coefficient (Wildman–Crippen LogP) is 2.46. The van der Waals surface area contributed by atoms with E-state index in [1.807, 2.05) is 53.7 Å². The highest BCUT2D eigenvalue weighted by Gasteiger charge is 2.43. The maximum atomic E-state index is 11.6. The van der Waals surface area contributed by atoms with Crippen LogP contribution < -0.4 is 16.1 Å². The van der Waals surface area contributed by atoms with Crippen molar-refractivity contribution in [1.82, 2.24) is 10.3 Å². The summed E-state index contributed by atoms with van der Waals surface area (Å²) >= 11 is 0. The Labute approximate surface area is 169 Å². The van der Waals surface area contributed by atoms with Crippen molar-refractivity contribution in [2.75, 3.05) is 18.4 Å². The summed E-state index contributed by atoms with van der Waals surface area (Å²) in [6, 6.07) is 3.71. The van der Waals surface area contributed by atoms with Crippen LogP contribution in [0, 0.1) is 5.92 Å². The molecule has 0 aliphatic rings. The fourth-order valence-corrected chi connectivity index (χ4v) is 2.43. The fourth-order valence-electron chi connectivity index (χ4n) is 2.43. The van der Waals surface area contributed by atoms with Crippen molar-refractivity contribution >= 4 is 24.9 Å². The summed E-state index contributed by atoms with van der Waals surface area (Å²) in [6.45, 7) is 15.8. The van der Waals surface area contributed by atoms with Gasteiger partial charge in [0.05, 0.1) is 11.2 Å². The molecule has 8 heteroatoms. The summed E-state index contributed by atoms with van der Waals surface area (Å²) in [5.41, 5.74) is -1.43. The van der Waals surface area contributed by atoms with Crippen LogP contribution in [0.5, 0.6) is 0 Å². The van der Waals surface area contributed by atoms with Crippen LogP contribution in [0.25, 0.3) is 0 Å². The van der Waals surface area contributed by atoms with Gasteiger partial charge >= 0.3 is 13.6 Å². The quantitative estimate of drug-likeness (QED) is 0.442. The van der Waals surface area contributed by atoms with Crippen LogP contribution in [0.15, 0.2) is 18.3 Å². The normalized spacial score (nSPS) is 14.4. The van der Waals surface area contributed by atoms with E-state index < -0.39 is 22.9 Å². The molecule has 1 atom stereocenters. The number of rotatable bonds is 9. The zero-order valence-corrected chi connectivity index (χ0v) is 18.4. The summed E-state index contributed by atoms with van der Waals surface area (Å²) in [5, 5.41) is 16.3. The van der Waals surface area contributed by atoms with Gasteiger partial charge in [0.2, 0.25) is 0 Å². The minimum Gasteiger partial charge on any atom is -0.444 e. The van der Waals surface area contributed by atoms with Gasteiger partial charge in [0, 0.05) is 19.3 Å². The third kappa shape index (κ3) is 7.68. The van der Waals surface area contributed by atoms with Crippen molar-refractivity contribution in [2.45, 2.75) is 72.2 Å². The van der Waals surface area contributed by atoms with E-state index >= 15 is 0 Å². The molecule has 1 aromatic heterocycles. The van der Waals surface area contributed by atoms with Crippen molar-refractivity contribution in [3.63, 3.8) is 0 Å². The number of carbonyl (C=O) groups excluding carboxylic acids is 1. The maximum absolute atomic E-state index is 11.6. The minimum absolute atomic E-state index is 0.120. The van der Waals surface area contributed by atoms with Crippen LogP contribution >= 0.6 is 0 Å². The van der Waals surface area contributed by atoms with Crippen LogP contribution in [0.2, 0.25) is 0 Å². The monoisotopic (exact) mass is 392 g/mol. The number of amides is 1. The van der Waals surface area contributed by atoms with Crippen molar-refractivity contribution in [3.8, 4) is 0 Å². The number of carbonyl (C=O) groups is 1. The molecule has 0 aliphatic carbocycles. The molecule has 0 spiro atoms. The van der Waals surface area contributed by atoms with Crippen molar-refractivity contribution < 1.29 is 19.3 Å². The lowest BCUT2D eigenvalue weighted by atomic mass is 9.76. The van der Waals surface area contributed by atoms with Gasteiger partial charge in [0.15, 0.2) is 0 Å². The highest BCUT2D eigenvalue weighted by molar-refractivity contribution is 6.46. The maximum Gasteiger partial charge on any atom is 0.407 e. The van der Waals surface area contributed by atoms with E-state index in [0.717, 1.165) is 5.46 Å². The largest absolute Gasteiger partial charge is 0.444 e. The number of ether oxygens (including phenoxy) is 1. The van der Waals surface area contributed by atoms with Crippen LogP contribution in [0.4, 0.5) is 10.6 Å². The Morgan fingerprint density at radius 2 is 1.82 bits per heavy atom. The molecular formula is C20H35BN3O4. The average molecular weight is 392 g/mol. The van der Waals surface area contributed by atoms with E-state index in [0.29, 0.717) is 18.9 Å². The molecule has 1 amide bonds. The zero-order valence-electron chi connectivity index (χ0n) is 18.4. The molecule has 1 radical (unpaired) electrons. The first-order valence-corrected chi connectivity index (χ1v) is 9.65. The molecule has 0 aromatic carbocycles. The van der Waals surface area contributed by atoms with Crippen LogP contribution in [0.3, 0.4) is 0 Å². The average Bonchev–Trinajstić information content (AvgIpc) is 2.54. The second-order valence-corrected chi connectivity index (χ2v) is 8.89. The summed E-state index contributed by atoms with van der Waals surface area (Å²) in [6.07, 6.45) is 1.25. The third-order valence-electron chi connectivity index (χ3n) is 4.64. The molecule has 0 fully saturated rings. The Morgan fingerprint density at radius 3 is 2.29 bits per heavy atom. The predicted molar refractivity (Wildman–Crippen MR) is 113 cm³/mol. The lowest BCUT2D eigenvalue weighted by Gasteiger charge is -2.44. The number of anilines is 1. The Hall–Kier alpha value is -1.80. The van der Waals surface area contributed by atoms with E-state index in [1.165, 1.54) is 0 Å². The van der Waals surface area contributed by atoms with Gasteiger partial charge in [-0.25, -0.2) is 9.78 Å². The number of hydrogen-bond donors (Lipinski definition) is 3. The van der Waals surface area contributed by atoms with Crippen molar-refractivity contribution in [2.24, 2.45) is 5.92 Å². The SMILES string of the molecule is CC(C)C(C)(O[B]c1ccc(NCCNC(=O)OC(C)(C)C)nc1)C(C)(C)O. The zero-order chi connectivity index (χ0) is 21.6. The van der Waals surface area contributed by atoms with Gasteiger partial charge in [-0.2, -0.15) is 0 Å². The standard InChI is InChI=1S/C20H35BN3O4/c1-14(2)20(8,19(6,7)26)28-21-15-9-10-16(24-13-15)22-11-12-23-17(25)27-18(3,4)5/h9-10,13-14,26H,11-12H2,1-8H3,(H,22,24)(H,23,25). The molecule has 7 nitrogen and oxygen atoms in total. The molecule has 0 saturated heterocycles. The molecule has 28 heavy (non-hydrogen) atoms. The fraction of sp³-hybridized carbons (Fsp3) is 0.700. The highest BCUT2D eigenvalue weighted by atomic mass is 16.6. The molecule has 1 aromatic rings. The number of hydrogen-bond acceptors (Lipinski definition) is 6. The topological polar surface area (TPSA) is 92.7 Å². The van der Waals surface area contributed by atoms with Crippen LogP contribution in [-0.2, 0) is 9.39 Å². The summed E-state index contributed by atoms with van der Waals surface area (Å²) in [4.78, 5) is 15.9. The smallest absolute Gasteiger partial charge is 0.407 e. The molecular weight excluding hydrogens is 357 g/mol. The Morgan fingerprint density at radius 1 is 1.18 bits per heavy atom. The highest BCUT2D eigenvalue weighted by Crippen LogP contribution is 2.32. The number of nitrogens with zero attached hydrogens (tertiary/aromatic N) is 1. The van der Waals surface area contributed by atoms with Crippen LogP contribution in [-0.4, -0.2) is 53.6 Å². The summed E-state index contributed by atoms with van der Waals surface area (Å²) in [5.74, 6) is 0.812. The number of alkyl carbamates (subject to hydrolysis) is 1. The molecule has 0 saturated carbocycles. The van der Waals surface area contributed by atoms with E-state index in [2.05, 4.69) is 15.6 Å². The van der Waals surface area contributed by atoms with Gasteiger partial charge in [-0.1, -0.05) is 19.9 Å². The molecule has 1 heterocycles. The van der Waals surface area contributed by atoms with Gasteiger partial charge in [-0.05, 0) is 59.0 Å². The molecule has 0 aliphatic heterocycles. The first kappa shape index (κ1) is 24.2. The van der Waals surface area contributed by atoms with Gasteiger partial charge in [0.25, 0.3) is 0 Å². The minimum atomic E-state index is -0.992. The lowest BCUT2D eigenvalue weighted by Crippen LogP contribution is -2.55. The number of aromatic nitrogens is 1. The van der Waals surface area contributed by atoms with Gasteiger partial charge < -0.3 is 25.1 Å². The van der Waals surface area contributed by atoms with Crippen molar-refractivity contribution in [1.29, 1.82) is 0 Å². The molecule has 1 rings (SSSR count). The van der Waals surface area contributed by atoms with E-state index in [4.69, 9.17) is 9.39 Å². The number of nitrogens with one attached hydrogen (secondary N) is 2. The molecule has 1 unspecified atom stereocenters. The first-order chi connectivity index (χ1) is 12.7. The summed E-state index contributed by atoms with van der Waals surface area (Å²) in [7, 11) is 1.62. The van der Waals surface area contributed by atoms with Gasteiger partial charge in [-0.15, -0.1) is 0 Å². The van der Waals surface area contributed by atoms with E-state index in [-0.39, 0.29) is 5.92 Å². The Balaban J connectivity index is 2.46. The summed E-state index contributed by atoms with van der Waals surface area (Å²) < 4.78 is 11.1. The van der Waals surface area contributed by atoms with Crippen LogP contribution in [0.1, 0.15) is 55.4 Å². The second-order valence-electron chi connectivity index (χ2n) is 8.89. The third-order valence-corrected chi connectivity index (χ3v) is 4.64. The number of pyridine rings is 1. The molecule has 3 N–H and O–H groups in total. The molecule has 0 bridgehead atoms. The van der Waals surface area contributed by atoms with Gasteiger partial charge in [0.1, 0.15) is 11.4 Å². The van der Waals surface area contributed by atoms with E-state index in [1.54, 1.807) is 27.5 Å². The van der Waals surface area contributed by atoms with Crippen molar-refractivity contribution in [3.05, 3.63) is 18.3 Å². The second kappa shape index (κ2) is 9.61. The van der Waals surface area contributed by atoms with E-state index in [9.17, 15) is 9.90 Å². The van der Waals surface area contributed by atoms with Gasteiger partial charge in [-0.3, -0.25) is 0 Å². The molecule has 157 valence electrons. The first-order valence-electron chi connectivity index (χ1n) is 9.65.